The van der Waals surface area contributed by atoms with Gasteiger partial charge in [-0.15, -0.1) is 0 Å². The molecule has 2 rings (SSSR count). The standard InChI is InChI=1S/C10H16N4O2S2/c1-7-8(9(11)17)10(13(2)12-7)14-3-5-18(15,16)6-4-14/h3-6H2,1-2H3,(H2,11,17). The largest absolute Gasteiger partial charge is 0.389 e. The summed E-state index contributed by atoms with van der Waals surface area (Å²) in [5, 5.41) is 4.30. The number of nitrogens with zero attached hydrogens (tertiary/aromatic N) is 3. The summed E-state index contributed by atoms with van der Waals surface area (Å²) in [5.74, 6) is 1.14. The van der Waals surface area contributed by atoms with Crippen LogP contribution in [0.15, 0.2) is 0 Å². The van der Waals surface area contributed by atoms with Gasteiger partial charge >= 0.3 is 0 Å². The number of anilines is 1. The summed E-state index contributed by atoms with van der Waals surface area (Å²) in [7, 11) is -1.09. The topological polar surface area (TPSA) is 81.2 Å². The summed E-state index contributed by atoms with van der Waals surface area (Å²) in [6, 6.07) is 0. The van der Waals surface area contributed by atoms with E-state index in [2.05, 4.69) is 5.10 Å². The molecular weight excluding hydrogens is 272 g/mol. The van der Waals surface area contributed by atoms with E-state index >= 15 is 0 Å². The molecule has 0 bridgehead atoms. The van der Waals surface area contributed by atoms with Gasteiger partial charge in [-0.05, 0) is 6.92 Å². The van der Waals surface area contributed by atoms with Gasteiger partial charge in [0.05, 0.1) is 22.8 Å². The molecule has 0 radical (unpaired) electrons. The van der Waals surface area contributed by atoms with Gasteiger partial charge in [0.25, 0.3) is 0 Å². The second-order valence-electron chi connectivity index (χ2n) is 4.41. The number of rotatable bonds is 2. The second kappa shape index (κ2) is 4.51. The van der Waals surface area contributed by atoms with Crippen LogP contribution in [0.3, 0.4) is 0 Å². The lowest BCUT2D eigenvalue weighted by Crippen LogP contribution is -2.42. The minimum absolute atomic E-state index is 0.161. The first-order valence-corrected chi connectivity index (χ1v) is 7.83. The lowest BCUT2D eigenvalue weighted by Gasteiger charge is -2.29. The number of sulfone groups is 1. The van der Waals surface area contributed by atoms with Crippen LogP contribution in [-0.2, 0) is 16.9 Å². The molecule has 2 heterocycles. The molecule has 0 unspecified atom stereocenters. The average Bonchev–Trinajstić information content (AvgIpc) is 2.54. The number of aryl methyl sites for hydroxylation is 2. The fourth-order valence-electron chi connectivity index (χ4n) is 2.22. The molecule has 1 aromatic rings. The van der Waals surface area contributed by atoms with Crippen molar-refractivity contribution < 1.29 is 8.42 Å². The Hall–Kier alpha value is -1.15. The van der Waals surface area contributed by atoms with Crippen molar-refractivity contribution >= 4 is 32.9 Å². The number of thiocarbonyl (C=S) groups is 1. The van der Waals surface area contributed by atoms with E-state index in [4.69, 9.17) is 18.0 Å². The molecule has 0 atom stereocenters. The van der Waals surface area contributed by atoms with Gasteiger partial charge in [-0.2, -0.15) is 5.10 Å². The molecule has 1 saturated heterocycles. The quantitative estimate of drug-likeness (QED) is 0.746. The minimum atomic E-state index is -2.90. The monoisotopic (exact) mass is 288 g/mol. The van der Waals surface area contributed by atoms with Crippen molar-refractivity contribution in [3.05, 3.63) is 11.3 Å². The molecule has 1 aliphatic rings. The fourth-order valence-corrected chi connectivity index (χ4v) is 3.66. The summed E-state index contributed by atoms with van der Waals surface area (Å²) < 4.78 is 24.6. The Morgan fingerprint density at radius 2 is 1.94 bits per heavy atom. The van der Waals surface area contributed by atoms with Gasteiger partial charge in [-0.25, -0.2) is 8.42 Å². The van der Waals surface area contributed by atoms with Crippen molar-refractivity contribution in [2.24, 2.45) is 12.8 Å². The predicted molar refractivity (Wildman–Crippen MR) is 74.7 cm³/mol. The molecule has 1 aliphatic heterocycles. The Labute approximate surface area is 112 Å². The van der Waals surface area contributed by atoms with Crippen LogP contribution in [0.2, 0.25) is 0 Å². The molecule has 100 valence electrons. The molecule has 8 heteroatoms. The van der Waals surface area contributed by atoms with E-state index in [-0.39, 0.29) is 11.5 Å². The van der Waals surface area contributed by atoms with Crippen molar-refractivity contribution in [2.75, 3.05) is 29.5 Å². The molecule has 1 fully saturated rings. The van der Waals surface area contributed by atoms with E-state index in [1.807, 2.05) is 18.9 Å². The maximum absolute atomic E-state index is 11.4. The summed E-state index contributed by atoms with van der Waals surface area (Å²) >= 11 is 5.04. The Morgan fingerprint density at radius 3 is 2.44 bits per heavy atom. The summed E-state index contributed by atoms with van der Waals surface area (Å²) in [6.45, 7) is 2.76. The molecule has 2 N–H and O–H groups in total. The minimum Gasteiger partial charge on any atom is -0.389 e. The summed E-state index contributed by atoms with van der Waals surface area (Å²) in [4.78, 5) is 2.28. The number of aromatic nitrogens is 2. The lowest BCUT2D eigenvalue weighted by atomic mass is 10.2. The lowest BCUT2D eigenvalue weighted by molar-refractivity contribution is 0.584. The van der Waals surface area contributed by atoms with Crippen LogP contribution in [0, 0.1) is 6.92 Å². The first-order valence-electron chi connectivity index (χ1n) is 5.60. The zero-order valence-electron chi connectivity index (χ0n) is 10.4. The Kier molecular flexibility index (Phi) is 3.33. The van der Waals surface area contributed by atoms with E-state index in [1.165, 1.54) is 0 Å². The van der Waals surface area contributed by atoms with Gasteiger partial charge in [-0.3, -0.25) is 4.68 Å². The van der Waals surface area contributed by atoms with Gasteiger partial charge in [0.2, 0.25) is 0 Å². The second-order valence-corrected chi connectivity index (χ2v) is 7.15. The molecule has 18 heavy (non-hydrogen) atoms. The van der Waals surface area contributed by atoms with E-state index in [1.54, 1.807) is 4.68 Å². The third-order valence-electron chi connectivity index (χ3n) is 3.08. The summed E-state index contributed by atoms with van der Waals surface area (Å²) in [6.07, 6.45) is 0. The molecule has 1 aromatic heterocycles. The normalized spacial score (nSPS) is 18.9. The summed E-state index contributed by atoms with van der Waals surface area (Å²) in [5.41, 5.74) is 7.24. The molecule has 6 nitrogen and oxygen atoms in total. The number of nitrogens with two attached hydrogens (primary N) is 1. The van der Waals surface area contributed by atoms with Crippen molar-refractivity contribution in [1.29, 1.82) is 0 Å². The maximum Gasteiger partial charge on any atom is 0.153 e. The van der Waals surface area contributed by atoms with Gasteiger partial charge < -0.3 is 10.6 Å². The third-order valence-corrected chi connectivity index (χ3v) is 4.90. The Balaban J connectivity index is 2.37. The van der Waals surface area contributed by atoms with Crippen LogP contribution < -0.4 is 10.6 Å². The number of hydrogen-bond donors (Lipinski definition) is 1. The predicted octanol–water partition coefficient (Wildman–Crippen LogP) is -0.402. The van der Waals surface area contributed by atoms with Crippen LogP contribution in [0.1, 0.15) is 11.3 Å². The van der Waals surface area contributed by atoms with Crippen molar-refractivity contribution in [1.82, 2.24) is 9.78 Å². The van der Waals surface area contributed by atoms with Crippen LogP contribution in [0.25, 0.3) is 0 Å². The van der Waals surface area contributed by atoms with Gasteiger partial charge in [0.1, 0.15) is 10.8 Å². The molecule has 0 spiro atoms. The SMILES string of the molecule is Cc1nn(C)c(N2CCS(=O)(=O)CC2)c1C(N)=S. The zero-order valence-corrected chi connectivity index (χ0v) is 12.0. The highest BCUT2D eigenvalue weighted by Gasteiger charge is 2.27. The molecule has 0 aliphatic carbocycles. The van der Waals surface area contributed by atoms with Crippen molar-refractivity contribution in [3.63, 3.8) is 0 Å². The third kappa shape index (κ3) is 2.35. The first kappa shape index (κ1) is 13.3. The molecule has 0 saturated carbocycles. The van der Waals surface area contributed by atoms with Crippen molar-refractivity contribution in [3.8, 4) is 0 Å². The average molecular weight is 288 g/mol. The molecule has 0 amide bonds. The zero-order chi connectivity index (χ0) is 13.5. The van der Waals surface area contributed by atoms with Crippen LogP contribution >= 0.6 is 12.2 Å². The first-order chi connectivity index (χ1) is 8.32. The highest BCUT2D eigenvalue weighted by atomic mass is 32.2. The smallest absolute Gasteiger partial charge is 0.153 e. The Bertz CT molecular complexity index is 577. The van der Waals surface area contributed by atoms with Crippen LogP contribution in [0.4, 0.5) is 5.82 Å². The van der Waals surface area contributed by atoms with E-state index in [9.17, 15) is 8.42 Å². The van der Waals surface area contributed by atoms with Gasteiger partial charge in [0, 0.05) is 20.1 Å². The fraction of sp³-hybridized carbons (Fsp3) is 0.600. The molecular formula is C10H16N4O2S2. The maximum atomic E-state index is 11.4. The van der Waals surface area contributed by atoms with Gasteiger partial charge in [-0.1, -0.05) is 12.2 Å². The van der Waals surface area contributed by atoms with Gasteiger partial charge in [0.15, 0.2) is 9.84 Å². The van der Waals surface area contributed by atoms with Crippen LogP contribution in [0.5, 0.6) is 0 Å². The Morgan fingerprint density at radius 1 is 1.39 bits per heavy atom. The van der Waals surface area contributed by atoms with E-state index < -0.39 is 9.84 Å². The highest BCUT2D eigenvalue weighted by Crippen LogP contribution is 2.24. The van der Waals surface area contributed by atoms with Crippen molar-refractivity contribution in [2.45, 2.75) is 6.92 Å². The number of hydrogen-bond acceptors (Lipinski definition) is 5. The highest BCUT2D eigenvalue weighted by molar-refractivity contribution is 7.91. The van der Waals surface area contributed by atoms with E-state index in [0.717, 1.165) is 17.1 Å². The van der Waals surface area contributed by atoms with E-state index in [0.29, 0.717) is 18.1 Å². The van der Waals surface area contributed by atoms with Crippen LogP contribution in [-0.4, -0.2) is 47.8 Å². The molecule has 0 aromatic carbocycles.